The summed E-state index contributed by atoms with van der Waals surface area (Å²) in [5.41, 5.74) is -1.33. The first-order valence-corrected chi connectivity index (χ1v) is 11.0. The Balaban J connectivity index is 3.99. The van der Waals surface area contributed by atoms with E-state index in [0.29, 0.717) is 19.0 Å². The van der Waals surface area contributed by atoms with Crippen LogP contribution in [0.1, 0.15) is 20.8 Å². The number of rotatable bonds is 18. The highest BCUT2D eigenvalue weighted by molar-refractivity contribution is 7.99. The number of carbonyl (C=O) groups is 2. The number of hydrogen-bond donors (Lipinski definition) is 1. The molecule has 29 heavy (non-hydrogen) atoms. The van der Waals surface area contributed by atoms with Crippen molar-refractivity contribution in [2.24, 2.45) is 5.41 Å². The van der Waals surface area contributed by atoms with Crippen LogP contribution in [0.2, 0.25) is 0 Å². The normalized spacial score (nSPS) is 13.2. The summed E-state index contributed by atoms with van der Waals surface area (Å²) >= 11 is 1.70. The third kappa shape index (κ3) is 13.7. The molecule has 0 aliphatic carbocycles. The molecule has 0 aromatic carbocycles. The molecule has 0 heterocycles. The molecule has 0 saturated carbocycles. The average Bonchev–Trinajstić information content (AvgIpc) is 2.73. The van der Waals surface area contributed by atoms with Crippen molar-refractivity contribution in [3.63, 3.8) is 0 Å². The quantitative estimate of drug-likeness (QED) is 0.249. The van der Waals surface area contributed by atoms with Gasteiger partial charge in [0.1, 0.15) is 25.2 Å². The molecule has 0 aliphatic rings. The monoisotopic (exact) mass is 439 g/mol. The van der Waals surface area contributed by atoms with Crippen LogP contribution in [-0.2, 0) is 28.5 Å². The highest BCUT2D eigenvalue weighted by Gasteiger charge is 2.36. The molecule has 0 bridgehead atoms. The van der Waals surface area contributed by atoms with E-state index >= 15 is 0 Å². The summed E-state index contributed by atoms with van der Waals surface area (Å²) in [7, 11) is 1.56. The topological polar surface area (TPSA) is 104 Å². The number of methoxy groups -OCH3 is 1. The summed E-state index contributed by atoms with van der Waals surface area (Å²) in [6.07, 6.45) is -0.931. The van der Waals surface area contributed by atoms with Crippen LogP contribution in [0.25, 0.3) is 0 Å². The Morgan fingerprint density at radius 1 is 0.966 bits per heavy atom. The largest absolute Gasteiger partial charge is 0.508 e. The van der Waals surface area contributed by atoms with Crippen molar-refractivity contribution >= 4 is 23.9 Å². The maximum absolute atomic E-state index is 12.2. The van der Waals surface area contributed by atoms with Gasteiger partial charge in [-0.05, 0) is 20.0 Å². The predicted molar refractivity (Wildman–Crippen MR) is 111 cm³/mol. The second kappa shape index (κ2) is 17.8. The third-order valence-electron chi connectivity index (χ3n) is 4.14. The van der Waals surface area contributed by atoms with Crippen LogP contribution in [0.3, 0.4) is 0 Å². The number of carbonyl (C=O) groups excluding carboxylic acids is 2. The first kappa shape index (κ1) is 27.9. The van der Waals surface area contributed by atoms with E-state index in [1.165, 1.54) is 6.92 Å². The number of nitrogens with zero attached hydrogens (tertiary/aromatic N) is 1. The lowest BCUT2D eigenvalue weighted by molar-refractivity contribution is -0.159. The number of thioether (sulfide) groups is 1. The van der Waals surface area contributed by atoms with E-state index in [1.807, 2.05) is 0 Å². The van der Waals surface area contributed by atoms with E-state index in [1.54, 1.807) is 18.9 Å². The van der Waals surface area contributed by atoms with Crippen LogP contribution in [0.4, 0.5) is 4.79 Å². The molecule has 10 heteroatoms. The zero-order chi connectivity index (χ0) is 22.0. The van der Waals surface area contributed by atoms with Gasteiger partial charge in [-0.25, -0.2) is 4.79 Å². The number of hydrogen-bond acceptors (Lipinski definition) is 10. The third-order valence-corrected chi connectivity index (χ3v) is 5.06. The Kier molecular flexibility index (Phi) is 17.1. The van der Waals surface area contributed by atoms with E-state index in [-0.39, 0.29) is 26.4 Å². The van der Waals surface area contributed by atoms with Crippen LogP contribution in [0, 0.1) is 5.41 Å². The lowest BCUT2D eigenvalue weighted by Crippen LogP contribution is -2.39. The summed E-state index contributed by atoms with van der Waals surface area (Å²) in [6.45, 7) is 9.24. The van der Waals surface area contributed by atoms with Gasteiger partial charge in [0.25, 0.3) is 0 Å². The maximum Gasteiger partial charge on any atom is 0.508 e. The fourth-order valence-corrected chi connectivity index (χ4v) is 2.85. The van der Waals surface area contributed by atoms with Gasteiger partial charge in [0.15, 0.2) is 0 Å². The van der Waals surface area contributed by atoms with E-state index in [0.717, 1.165) is 25.4 Å². The molecule has 0 aliphatic heterocycles. The fourth-order valence-electron chi connectivity index (χ4n) is 2.06. The van der Waals surface area contributed by atoms with E-state index in [2.05, 4.69) is 18.7 Å². The SMILES string of the molecule is CCN(CC)CCSCCOC(=O)C(C)(CO)COC(=O)OCCOCCOC. The van der Waals surface area contributed by atoms with Crippen molar-refractivity contribution < 1.29 is 38.4 Å². The molecule has 0 fully saturated rings. The van der Waals surface area contributed by atoms with Gasteiger partial charge in [-0.1, -0.05) is 13.8 Å². The summed E-state index contributed by atoms with van der Waals surface area (Å²) in [6, 6.07) is 0. The van der Waals surface area contributed by atoms with Crippen LogP contribution in [-0.4, -0.2) is 107 Å². The molecule has 0 amide bonds. The Morgan fingerprint density at radius 2 is 1.66 bits per heavy atom. The van der Waals surface area contributed by atoms with Gasteiger partial charge < -0.3 is 33.7 Å². The molecular formula is C19H37NO8S. The van der Waals surface area contributed by atoms with E-state index < -0.39 is 24.1 Å². The summed E-state index contributed by atoms with van der Waals surface area (Å²) in [5, 5.41) is 9.55. The van der Waals surface area contributed by atoms with E-state index in [9.17, 15) is 14.7 Å². The first-order chi connectivity index (χ1) is 13.9. The second-order valence-electron chi connectivity index (χ2n) is 6.49. The predicted octanol–water partition coefficient (Wildman–Crippen LogP) is 1.42. The zero-order valence-corrected chi connectivity index (χ0v) is 19.0. The Labute approximate surface area is 178 Å². The molecule has 0 saturated heterocycles. The number of aliphatic hydroxyl groups is 1. The van der Waals surface area contributed by atoms with Crippen LogP contribution >= 0.6 is 11.8 Å². The molecule has 0 radical (unpaired) electrons. The van der Waals surface area contributed by atoms with Crippen molar-refractivity contribution in [1.82, 2.24) is 4.90 Å². The molecule has 0 aromatic rings. The Hall–Kier alpha value is -1.07. The van der Waals surface area contributed by atoms with Gasteiger partial charge in [-0.15, -0.1) is 0 Å². The first-order valence-electron chi connectivity index (χ1n) is 9.87. The molecular weight excluding hydrogens is 402 g/mol. The minimum atomic E-state index is -1.33. The fraction of sp³-hybridized carbons (Fsp3) is 0.895. The zero-order valence-electron chi connectivity index (χ0n) is 18.1. The number of esters is 1. The van der Waals surface area contributed by atoms with Crippen molar-refractivity contribution in [1.29, 1.82) is 0 Å². The highest BCUT2D eigenvalue weighted by Crippen LogP contribution is 2.19. The average molecular weight is 440 g/mol. The van der Waals surface area contributed by atoms with Crippen molar-refractivity contribution in [2.75, 3.05) is 84.5 Å². The number of aliphatic hydroxyl groups excluding tert-OH is 1. The van der Waals surface area contributed by atoms with Gasteiger partial charge in [0, 0.05) is 25.2 Å². The lowest BCUT2D eigenvalue weighted by Gasteiger charge is -2.24. The summed E-state index contributed by atoms with van der Waals surface area (Å²) < 4.78 is 25.0. The summed E-state index contributed by atoms with van der Waals surface area (Å²) in [5.74, 6) is 1.02. The van der Waals surface area contributed by atoms with Crippen LogP contribution in [0.15, 0.2) is 0 Å². The highest BCUT2D eigenvalue weighted by atomic mass is 32.2. The Morgan fingerprint density at radius 3 is 2.28 bits per heavy atom. The van der Waals surface area contributed by atoms with Crippen molar-refractivity contribution in [3.8, 4) is 0 Å². The van der Waals surface area contributed by atoms with Gasteiger partial charge in [-0.2, -0.15) is 11.8 Å². The molecule has 172 valence electrons. The Bertz CT molecular complexity index is 436. The van der Waals surface area contributed by atoms with Gasteiger partial charge >= 0.3 is 12.1 Å². The van der Waals surface area contributed by atoms with Gasteiger partial charge in [0.05, 0.1) is 26.4 Å². The standard InChI is InChI=1S/C19H37NO8S/c1-5-20(6-2)7-13-29-14-12-26-17(22)19(3,15-21)16-28-18(23)27-11-10-25-9-8-24-4/h21H,5-16H2,1-4H3. The molecule has 1 unspecified atom stereocenters. The van der Waals surface area contributed by atoms with Crippen molar-refractivity contribution in [3.05, 3.63) is 0 Å². The minimum Gasteiger partial charge on any atom is -0.464 e. The van der Waals surface area contributed by atoms with Crippen molar-refractivity contribution in [2.45, 2.75) is 20.8 Å². The van der Waals surface area contributed by atoms with Crippen LogP contribution < -0.4 is 0 Å². The molecule has 0 aromatic heterocycles. The molecule has 9 nitrogen and oxygen atoms in total. The molecule has 1 N–H and O–H groups in total. The van der Waals surface area contributed by atoms with Gasteiger partial charge in [-0.3, -0.25) is 4.79 Å². The van der Waals surface area contributed by atoms with E-state index in [4.69, 9.17) is 23.7 Å². The summed E-state index contributed by atoms with van der Waals surface area (Å²) in [4.78, 5) is 26.2. The molecule has 1 atom stereocenters. The maximum atomic E-state index is 12.2. The molecule has 0 rings (SSSR count). The lowest BCUT2D eigenvalue weighted by atomic mass is 9.93. The van der Waals surface area contributed by atoms with Crippen LogP contribution in [0.5, 0.6) is 0 Å². The number of ether oxygens (including phenoxy) is 5. The second-order valence-corrected chi connectivity index (χ2v) is 7.71. The molecule has 0 spiro atoms. The smallest absolute Gasteiger partial charge is 0.464 e. The van der Waals surface area contributed by atoms with Gasteiger partial charge in [0.2, 0.25) is 0 Å². The minimum absolute atomic E-state index is 0.0214.